The predicted molar refractivity (Wildman–Crippen MR) is 82.2 cm³/mol. The third kappa shape index (κ3) is 3.24. The molecule has 22 heavy (non-hydrogen) atoms. The zero-order valence-electron chi connectivity index (χ0n) is 13.0. The summed E-state index contributed by atoms with van der Waals surface area (Å²) in [5, 5.41) is 2.87. The van der Waals surface area contributed by atoms with E-state index in [1.807, 2.05) is 13.0 Å². The first kappa shape index (κ1) is 15.3. The summed E-state index contributed by atoms with van der Waals surface area (Å²) in [6.45, 7) is 3.89. The Labute approximate surface area is 130 Å². The van der Waals surface area contributed by atoms with Crippen molar-refractivity contribution >= 4 is 5.91 Å². The molecule has 1 amide bonds. The van der Waals surface area contributed by atoms with Crippen LogP contribution in [-0.4, -0.2) is 25.7 Å². The van der Waals surface area contributed by atoms with Crippen molar-refractivity contribution in [1.29, 1.82) is 0 Å². The van der Waals surface area contributed by atoms with Gasteiger partial charge in [0.05, 0.1) is 0 Å². The second-order valence-corrected chi connectivity index (χ2v) is 6.39. The summed E-state index contributed by atoms with van der Waals surface area (Å²) in [4.78, 5) is 24.4. The van der Waals surface area contributed by atoms with Crippen LogP contribution in [-0.2, 0) is 4.74 Å². The van der Waals surface area contributed by atoms with Gasteiger partial charge < -0.3 is 14.5 Å². The molecule has 1 aromatic rings. The van der Waals surface area contributed by atoms with Crippen LogP contribution in [0.3, 0.4) is 0 Å². The summed E-state index contributed by atoms with van der Waals surface area (Å²) in [5.41, 5.74) is 0.351. The van der Waals surface area contributed by atoms with Gasteiger partial charge in [-0.2, -0.15) is 0 Å². The number of carbonyl (C=O) groups excluding carboxylic acids is 1. The molecule has 0 spiro atoms. The minimum atomic E-state index is -0.508. The van der Waals surface area contributed by atoms with Gasteiger partial charge in [-0.15, -0.1) is 0 Å². The van der Waals surface area contributed by atoms with E-state index in [1.54, 1.807) is 0 Å². The van der Waals surface area contributed by atoms with E-state index in [0.717, 1.165) is 44.7 Å². The van der Waals surface area contributed by atoms with Crippen molar-refractivity contribution in [2.75, 3.05) is 19.8 Å². The van der Waals surface area contributed by atoms with Crippen LogP contribution in [0.2, 0.25) is 0 Å². The minimum absolute atomic E-state index is 0.148. The fourth-order valence-corrected chi connectivity index (χ4v) is 3.08. The fourth-order valence-electron chi connectivity index (χ4n) is 3.08. The highest BCUT2D eigenvalue weighted by molar-refractivity contribution is 5.95. The van der Waals surface area contributed by atoms with Gasteiger partial charge in [-0.3, -0.25) is 4.79 Å². The summed E-state index contributed by atoms with van der Waals surface area (Å²) in [6, 6.07) is 1.86. The van der Waals surface area contributed by atoms with Crippen LogP contribution in [0.25, 0.3) is 0 Å². The molecule has 2 aliphatic rings. The van der Waals surface area contributed by atoms with Gasteiger partial charge in [0.15, 0.2) is 0 Å². The fraction of sp³-hybridized carbons (Fsp3) is 0.647. The normalized spacial score (nSPS) is 19.7. The van der Waals surface area contributed by atoms with Crippen molar-refractivity contribution in [2.24, 2.45) is 5.92 Å². The molecular weight excluding hydrogens is 282 g/mol. The minimum Gasteiger partial charge on any atom is -0.427 e. The molecule has 1 aliphatic carbocycles. The van der Waals surface area contributed by atoms with Crippen LogP contribution in [0.4, 0.5) is 0 Å². The van der Waals surface area contributed by atoms with Gasteiger partial charge in [0.1, 0.15) is 11.3 Å². The number of carbonyl (C=O) groups is 1. The largest absolute Gasteiger partial charge is 0.427 e. The van der Waals surface area contributed by atoms with Crippen molar-refractivity contribution in [3.8, 4) is 0 Å². The maximum Gasteiger partial charge on any atom is 0.349 e. The molecule has 0 aromatic carbocycles. The van der Waals surface area contributed by atoms with E-state index < -0.39 is 5.63 Å². The van der Waals surface area contributed by atoms with Gasteiger partial charge in [0.2, 0.25) is 0 Å². The first-order valence-corrected chi connectivity index (χ1v) is 8.15. The summed E-state index contributed by atoms with van der Waals surface area (Å²) < 4.78 is 10.7. The van der Waals surface area contributed by atoms with Gasteiger partial charge in [0, 0.05) is 25.7 Å². The van der Waals surface area contributed by atoms with E-state index in [0.29, 0.717) is 23.9 Å². The molecule has 120 valence electrons. The van der Waals surface area contributed by atoms with Gasteiger partial charge in [-0.1, -0.05) is 6.42 Å². The zero-order chi connectivity index (χ0) is 15.5. The highest BCUT2D eigenvalue weighted by Gasteiger charge is 2.25. The number of amides is 1. The maximum atomic E-state index is 12.3. The SMILES string of the molecule is Cc1cc(C2CCC2)oc(=O)c1C(=O)NCC1CCOCC1. The van der Waals surface area contributed by atoms with Crippen LogP contribution in [0.5, 0.6) is 0 Å². The van der Waals surface area contributed by atoms with Gasteiger partial charge >= 0.3 is 5.63 Å². The Morgan fingerprint density at radius 2 is 2.00 bits per heavy atom. The lowest BCUT2D eigenvalue weighted by molar-refractivity contribution is 0.0642. The monoisotopic (exact) mass is 305 g/mol. The number of ether oxygens (including phenoxy) is 1. The molecule has 1 N–H and O–H groups in total. The number of nitrogens with one attached hydrogen (secondary N) is 1. The average molecular weight is 305 g/mol. The van der Waals surface area contributed by atoms with Gasteiger partial charge in [-0.25, -0.2) is 4.79 Å². The lowest BCUT2D eigenvalue weighted by Gasteiger charge is -2.24. The van der Waals surface area contributed by atoms with Crippen LogP contribution >= 0.6 is 0 Å². The van der Waals surface area contributed by atoms with E-state index in [1.165, 1.54) is 6.42 Å². The lowest BCUT2D eigenvalue weighted by atomic mass is 9.83. The Hall–Kier alpha value is -1.62. The van der Waals surface area contributed by atoms with E-state index in [2.05, 4.69) is 5.32 Å². The first-order valence-electron chi connectivity index (χ1n) is 8.15. The average Bonchev–Trinajstić information content (AvgIpc) is 2.43. The van der Waals surface area contributed by atoms with Gasteiger partial charge in [-0.05, 0) is 50.2 Å². The highest BCUT2D eigenvalue weighted by atomic mass is 16.5. The van der Waals surface area contributed by atoms with Crippen molar-refractivity contribution in [1.82, 2.24) is 5.32 Å². The molecule has 0 radical (unpaired) electrons. The highest BCUT2D eigenvalue weighted by Crippen LogP contribution is 2.36. The van der Waals surface area contributed by atoms with E-state index in [9.17, 15) is 9.59 Å². The quantitative estimate of drug-likeness (QED) is 0.927. The van der Waals surface area contributed by atoms with Crippen LogP contribution in [0, 0.1) is 12.8 Å². The summed E-state index contributed by atoms with van der Waals surface area (Å²) >= 11 is 0. The molecule has 1 aromatic heterocycles. The molecule has 5 nitrogen and oxygen atoms in total. The Balaban J connectivity index is 1.67. The molecule has 2 heterocycles. The Morgan fingerprint density at radius 3 is 2.59 bits per heavy atom. The van der Waals surface area contributed by atoms with Crippen LogP contribution in [0.15, 0.2) is 15.3 Å². The summed E-state index contributed by atoms with van der Waals surface area (Å²) in [7, 11) is 0. The maximum absolute atomic E-state index is 12.3. The van der Waals surface area contributed by atoms with Crippen molar-refractivity contribution < 1.29 is 13.9 Å². The van der Waals surface area contributed by atoms with E-state index in [-0.39, 0.29) is 11.5 Å². The van der Waals surface area contributed by atoms with E-state index in [4.69, 9.17) is 9.15 Å². The molecule has 1 saturated heterocycles. The number of rotatable bonds is 4. The summed E-state index contributed by atoms with van der Waals surface area (Å²) in [6.07, 6.45) is 5.22. The van der Waals surface area contributed by atoms with E-state index >= 15 is 0 Å². The number of hydrogen-bond acceptors (Lipinski definition) is 4. The molecule has 0 atom stereocenters. The van der Waals surface area contributed by atoms with Crippen molar-refractivity contribution in [3.05, 3.63) is 33.4 Å². The lowest BCUT2D eigenvalue weighted by Crippen LogP contribution is -2.35. The van der Waals surface area contributed by atoms with Gasteiger partial charge in [0.25, 0.3) is 5.91 Å². The predicted octanol–water partition coefficient (Wildman–Crippen LogP) is 2.37. The third-order valence-electron chi connectivity index (χ3n) is 4.79. The molecule has 1 saturated carbocycles. The molecule has 0 bridgehead atoms. The van der Waals surface area contributed by atoms with Crippen LogP contribution in [0.1, 0.15) is 59.7 Å². The zero-order valence-corrected chi connectivity index (χ0v) is 13.0. The Morgan fingerprint density at radius 1 is 1.27 bits per heavy atom. The standard InChI is InChI=1S/C17H23NO4/c1-11-9-14(13-3-2-4-13)22-17(20)15(11)16(19)18-10-12-5-7-21-8-6-12/h9,12-13H,2-8,10H2,1H3,(H,18,19). The Kier molecular flexibility index (Phi) is 4.62. The number of hydrogen-bond donors (Lipinski definition) is 1. The smallest absolute Gasteiger partial charge is 0.349 e. The first-order chi connectivity index (χ1) is 10.6. The summed E-state index contributed by atoms with van der Waals surface area (Å²) in [5.74, 6) is 1.19. The Bertz CT molecular complexity index is 597. The van der Waals surface area contributed by atoms with Crippen LogP contribution < -0.4 is 10.9 Å². The second-order valence-electron chi connectivity index (χ2n) is 6.39. The third-order valence-corrected chi connectivity index (χ3v) is 4.79. The molecule has 0 unspecified atom stereocenters. The van der Waals surface area contributed by atoms with Crippen molar-refractivity contribution in [2.45, 2.75) is 44.9 Å². The molecule has 1 aliphatic heterocycles. The van der Waals surface area contributed by atoms with Crippen molar-refractivity contribution in [3.63, 3.8) is 0 Å². The number of aryl methyl sites for hydroxylation is 1. The molecule has 3 rings (SSSR count). The molecule has 5 heteroatoms. The second kappa shape index (κ2) is 6.65. The molecular formula is C17H23NO4. The topological polar surface area (TPSA) is 68.5 Å². The molecule has 2 fully saturated rings.